The van der Waals surface area contributed by atoms with Crippen molar-refractivity contribution in [1.29, 1.82) is 0 Å². The number of amides is 1. The molecule has 0 saturated carbocycles. The molecule has 1 aromatic carbocycles. The zero-order valence-corrected chi connectivity index (χ0v) is 14.8. The Labute approximate surface area is 143 Å². The number of halogens is 1. The molecule has 1 aromatic rings. The van der Waals surface area contributed by atoms with E-state index in [1.165, 1.54) is 26.4 Å². The molecule has 0 aliphatic rings. The molecular formula is C15H18INO5. The van der Waals surface area contributed by atoms with E-state index >= 15 is 0 Å². The zero-order chi connectivity index (χ0) is 16.5. The monoisotopic (exact) mass is 419 g/mol. The summed E-state index contributed by atoms with van der Waals surface area (Å²) in [7, 11) is 3.04. The molecule has 1 rings (SSSR count). The summed E-state index contributed by atoms with van der Waals surface area (Å²) in [4.78, 5) is 23.3. The van der Waals surface area contributed by atoms with Crippen molar-refractivity contribution in [2.24, 2.45) is 0 Å². The fourth-order valence-corrected chi connectivity index (χ4v) is 2.30. The number of hydrogen-bond donors (Lipinski definition) is 1. The summed E-state index contributed by atoms with van der Waals surface area (Å²) in [5, 5.41) is 2.69. The Hall–Kier alpha value is -1.77. The lowest BCUT2D eigenvalue weighted by Gasteiger charge is -2.11. The first-order chi connectivity index (χ1) is 10.5. The lowest BCUT2D eigenvalue weighted by Crippen LogP contribution is -2.24. The van der Waals surface area contributed by atoms with E-state index in [4.69, 9.17) is 14.2 Å². The van der Waals surface area contributed by atoms with E-state index in [1.807, 2.05) is 0 Å². The van der Waals surface area contributed by atoms with Crippen LogP contribution in [0.2, 0.25) is 0 Å². The van der Waals surface area contributed by atoms with Crippen LogP contribution in [-0.4, -0.2) is 39.2 Å². The molecule has 1 amide bonds. The van der Waals surface area contributed by atoms with Gasteiger partial charge in [-0.2, -0.15) is 0 Å². The number of carbonyl (C=O) groups excluding carboxylic acids is 2. The van der Waals surface area contributed by atoms with E-state index in [9.17, 15) is 9.59 Å². The SMILES string of the molecule is CCOC(=O)C=CCNC(=O)c1cc(OC)c(OC)cc1I. The van der Waals surface area contributed by atoms with Gasteiger partial charge in [0.2, 0.25) is 0 Å². The van der Waals surface area contributed by atoms with E-state index in [-0.39, 0.29) is 12.5 Å². The van der Waals surface area contributed by atoms with Crippen LogP contribution in [-0.2, 0) is 9.53 Å². The maximum atomic E-state index is 12.1. The smallest absolute Gasteiger partial charge is 0.330 e. The summed E-state index contributed by atoms with van der Waals surface area (Å²) in [5.74, 6) is 0.345. The largest absolute Gasteiger partial charge is 0.493 e. The summed E-state index contributed by atoms with van der Waals surface area (Å²) >= 11 is 2.05. The van der Waals surface area contributed by atoms with Crippen molar-refractivity contribution in [3.05, 3.63) is 33.4 Å². The molecule has 1 N–H and O–H groups in total. The molecule has 7 heteroatoms. The number of esters is 1. The molecule has 0 atom stereocenters. The third-order valence-corrected chi connectivity index (χ3v) is 3.53. The molecule has 0 fully saturated rings. The van der Waals surface area contributed by atoms with Crippen LogP contribution < -0.4 is 14.8 Å². The zero-order valence-electron chi connectivity index (χ0n) is 12.6. The summed E-state index contributed by atoms with van der Waals surface area (Å²) in [6.07, 6.45) is 2.81. The minimum Gasteiger partial charge on any atom is -0.493 e. The Morgan fingerprint density at radius 2 is 1.86 bits per heavy atom. The van der Waals surface area contributed by atoms with Crippen LogP contribution in [0, 0.1) is 3.57 Å². The van der Waals surface area contributed by atoms with Gasteiger partial charge in [0.15, 0.2) is 11.5 Å². The molecule has 120 valence electrons. The summed E-state index contributed by atoms with van der Waals surface area (Å²) in [6.45, 7) is 2.27. The molecule has 0 heterocycles. The van der Waals surface area contributed by atoms with Gasteiger partial charge in [-0.25, -0.2) is 4.79 Å². The van der Waals surface area contributed by atoms with Crippen molar-refractivity contribution in [1.82, 2.24) is 5.32 Å². The number of benzene rings is 1. The highest BCUT2D eigenvalue weighted by molar-refractivity contribution is 14.1. The number of ether oxygens (including phenoxy) is 3. The molecular weight excluding hydrogens is 401 g/mol. The van der Waals surface area contributed by atoms with Crippen molar-refractivity contribution in [3.8, 4) is 11.5 Å². The van der Waals surface area contributed by atoms with E-state index < -0.39 is 5.97 Å². The molecule has 0 radical (unpaired) electrons. The highest BCUT2D eigenvalue weighted by Crippen LogP contribution is 2.31. The molecule has 22 heavy (non-hydrogen) atoms. The second-order valence-corrected chi connectivity index (χ2v) is 5.21. The van der Waals surface area contributed by atoms with E-state index in [2.05, 4.69) is 27.9 Å². The number of methoxy groups -OCH3 is 2. The van der Waals surface area contributed by atoms with Crippen molar-refractivity contribution in [2.75, 3.05) is 27.4 Å². The van der Waals surface area contributed by atoms with Gasteiger partial charge in [-0.3, -0.25) is 4.79 Å². The topological polar surface area (TPSA) is 73.9 Å². The second-order valence-electron chi connectivity index (χ2n) is 4.05. The average molecular weight is 419 g/mol. The highest BCUT2D eigenvalue weighted by atomic mass is 127. The molecule has 0 bridgehead atoms. The number of hydrogen-bond acceptors (Lipinski definition) is 5. The summed E-state index contributed by atoms with van der Waals surface area (Å²) < 4.78 is 15.8. The second kappa shape index (κ2) is 9.29. The molecule has 0 spiro atoms. The van der Waals surface area contributed by atoms with E-state index in [1.54, 1.807) is 19.1 Å². The van der Waals surface area contributed by atoms with Gasteiger partial charge in [-0.15, -0.1) is 0 Å². The van der Waals surface area contributed by atoms with Crippen molar-refractivity contribution >= 4 is 34.5 Å². The third kappa shape index (κ3) is 5.21. The van der Waals surface area contributed by atoms with Gasteiger partial charge in [-0.05, 0) is 41.6 Å². The van der Waals surface area contributed by atoms with Gasteiger partial charge in [0.1, 0.15) is 0 Å². The van der Waals surface area contributed by atoms with Gasteiger partial charge in [-0.1, -0.05) is 6.08 Å². The Balaban J connectivity index is 2.72. The molecule has 0 saturated heterocycles. The van der Waals surface area contributed by atoms with Gasteiger partial charge in [0, 0.05) is 16.2 Å². The minimum atomic E-state index is -0.433. The summed E-state index contributed by atoms with van der Waals surface area (Å²) in [5.41, 5.74) is 0.475. The van der Waals surface area contributed by atoms with Crippen molar-refractivity contribution in [2.45, 2.75) is 6.92 Å². The normalized spacial score (nSPS) is 10.4. The minimum absolute atomic E-state index is 0.224. The molecule has 6 nitrogen and oxygen atoms in total. The number of rotatable bonds is 7. The fraction of sp³-hybridized carbons (Fsp3) is 0.333. The van der Waals surface area contributed by atoms with Crippen LogP contribution in [0.5, 0.6) is 11.5 Å². The average Bonchev–Trinajstić information content (AvgIpc) is 2.51. The Bertz CT molecular complexity index is 571. The Morgan fingerprint density at radius 1 is 1.23 bits per heavy atom. The van der Waals surface area contributed by atoms with Gasteiger partial charge < -0.3 is 19.5 Å². The third-order valence-electron chi connectivity index (χ3n) is 2.64. The predicted octanol–water partition coefficient (Wildman–Crippen LogP) is 2.16. The van der Waals surface area contributed by atoms with Crippen LogP contribution in [0.3, 0.4) is 0 Å². The quantitative estimate of drug-likeness (QED) is 0.417. The standard InChI is InChI=1S/C15H18INO5/c1-4-22-14(18)6-5-7-17-15(19)10-8-12(20-2)13(21-3)9-11(10)16/h5-6,8-9H,4,7H2,1-3H3,(H,17,19). The molecule has 0 unspecified atom stereocenters. The Morgan fingerprint density at radius 3 is 2.45 bits per heavy atom. The van der Waals surface area contributed by atoms with Crippen LogP contribution in [0.25, 0.3) is 0 Å². The number of nitrogens with one attached hydrogen (secondary N) is 1. The molecule has 0 aromatic heterocycles. The first kappa shape index (κ1) is 18.3. The first-order valence-electron chi connectivity index (χ1n) is 6.56. The number of carbonyl (C=O) groups is 2. The van der Waals surface area contributed by atoms with Crippen LogP contribution in [0.1, 0.15) is 17.3 Å². The maximum Gasteiger partial charge on any atom is 0.330 e. The molecule has 0 aliphatic heterocycles. The van der Waals surface area contributed by atoms with Crippen LogP contribution in [0.15, 0.2) is 24.3 Å². The van der Waals surface area contributed by atoms with Gasteiger partial charge >= 0.3 is 5.97 Å². The maximum absolute atomic E-state index is 12.1. The fourth-order valence-electron chi connectivity index (χ4n) is 1.62. The van der Waals surface area contributed by atoms with Crippen LogP contribution >= 0.6 is 22.6 Å². The van der Waals surface area contributed by atoms with Gasteiger partial charge in [0.25, 0.3) is 5.91 Å². The Kier molecular flexibility index (Phi) is 7.72. The van der Waals surface area contributed by atoms with E-state index in [0.717, 1.165) is 3.57 Å². The predicted molar refractivity (Wildman–Crippen MR) is 90.4 cm³/mol. The summed E-state index contributed by atoms with van der Waals surface area (Å²) in [6, 6.07) is 3.34. The van der Waals surface area contributed by atoms with Crippen molar-refractivity contribution in [3.63, 3.8) is 0 Å². The lowest BCUT2D eigenvalue weighted by molar-refractivity contribution is -0.137. The van der Waals surface area contributed by atoms with Gasteiger partial charge in [0.05, 0.1) is 26.4 Å². The lowest BCUT2D eigenvalue weighted by atomic mass is 10.2. The first-order valence-corrected chi connectivity index (χ1v) is 7.64. The van der Waals surface area contributed by atoms with Crippen LogP contribution in [0.4, 0.5) is 0 Å². The molecule has 0 aliphatic carbocycles. The van der Waals surface area contributed by atoms with E-state index in [0.29, 0.717) is 23.7 Å². The van der Waals surface area contributed by atoms with Crippen molar-refractivity contribution < 1.29 is 23.8 Å². The highest BCUT2D eigenvalue weighted by Gasteiger charge is 2.14.